The van der Waals surface area contributed by atoms with Gasteiger partial charge in [0, 0.05) is 43.8 Å². The lowest BCUT2D eigenvalue weighted by atomic mass is 10.1. The number of carbonyl (C=O) groups excluding carboxylic acids is 1. The van der Waals surface area contributed by atoms with Gasteiger partial charge in [0.25, 0.3) is 0 Å². The van der Waals surface area contributed by atoms with E-state index in [1.54, 1.807) is 48.8 Å². The molecule has 21 heavy (non-hydrogen) atoms. The van der Waals surface area contributed by atoms with Crippen molar-refractivity contribution in [3.8, 4) is 11.8 Å². The standard InChI is InChI=1S/C16H17N3O2/c1-12(19(2)3)11-15(20)13-5-7-14(8-6-13)21-16-17-9-4-10-18-16/h4-11H,1-3H3/b12-11+. The van der Waals surface area contributed by atoms with Gasteiger partial charge in [-0.25, -0.2) is 9.97 Å². The Morgan fingerprint density at radius 1 is 1.14 bits per heavy atom. The summed E-state index contributed by atoms with van der Waals surface area (Å²) in [6.07, 6.45) is 4.82. The summed E-state index contributed by atoms with van der Waals surface area (Å²) in [5.74, 6) is 0.551. The highest BCUT2D eigenvalue weighted by Gasteiger charge is 2.05. The van der Waals surface area contributed by atoms with Crippen molar-refractivity contribution >= 4 is 5.78 Å². The van der Waals surface area contributed by atoms with Gasteiger partial charge in [0.2, 0.25) is 0 Å². The maximum Gasteiger partial charge on any atom is 0.321 e. The first-order valence-electron chi connectivity index (χ1n) is 6.51. The van der Waals surface area contributed by atoms with Crippen molar-refractivity contribution in [2.45, 2.75) is 6.92 Å². The fourth-order valence-electron chi connectivity index (χ4n) is 1.53. The largest absolute Gasteiger partial charge is 0.424 e. The lowest BCUT2D eigenvalue weighted by molar-refractivity contribution is 0.104. The topological polar surface area (TPSA) is 55.3 Å². The van der Waals surface area contributed by atoms with Gasteiger partial charge in [0.15, 0.2) is 5.78 Å². The molecule has 2 aromatic rings. The average Bonchev–Trinajstić information content (AvgIpc) is 2.48. The summed E-state index contributed by atoms with van der Waals surface area (Å²) >= 11 is 0. The fraction of sp³-hybridized carbons (Fsp3) is 0.188. The molecule has 0 saturated carbocycles. The summed E-state index contributed by atoms with van der Waals surface area (Å²) in [6.45, 7) is 1.89. The molecule has 0 aliphatic rings. The van der Waals surface area contributed by atoms with E-state index in [-0.39, 0.29) is 11.8 Å². The van der Waals surface area contributed by atoms with Gasteiger partial charge in [-0.3, -0.25) is 4.79 Å². The molecule has 2 rings (SSSR count). The molecule has 0 atom stereocenters. The van der Waals surface area contributed by atoms with Crippen molar-refractivity contribution in [1.29, 1.82) is 0 Å². The Balaban J connectivity index is 2.09. The quantitative estimate of drug-likeness (QED) is 0.624. The Labute approximate surface area is 123 Å². The molecular weight excluding hydrogens is 266 g/mol. The van der Waals surface area contributed by atoms with Crippen LogP contribution >= 0.6 is 0 Å². The first-order valence-corrected chi connectivity index (χ1v) is 6.51. The molecule has 0 N–H and O–H groups in total. The highest BCUT2D eigenvalue weighted by Crippen LogP contribution is 2.18. The summed E-state index contributed by atoms with van der Waals surface area (Å²) < 4.78 is 5.48. The molecule has 1 aromatic heterocycles. The van der Waals surface area contributed by atoms with Gasteiger partial charge in [0.05, 0.1) is 0 Å². The van der Waals surface area contributed by atoms with Crippen molar-refractivity contribution in [1.82, 2.24) is 14.9 Å². The predicted octanol–water partition coefficient (Wildman–Crippen LogP) is 2.92. The molecule has 1 aromatic carbocycles. The smallest absolute Gasteiger partial charge is 0.321 e. The molecular formula is C16H17N3O2. The summed E-state index contributed by atoms with van der Waals surface area (Å²) in [5.41, 5.74) is 1.51. The fourth-order valence-corrected chi connectivity index (χ4v) is 1.53. The van der Waals surface area contributed by atoms with E-state index in [1.165, 1.54) is 0 Å². The molecule has 0 radical (unpaired) electrons. The number of allylic oxidation sites excluding steroid dienone is 2. The predicted molar refractivity (Wildman–Crippen MR) is 80.3 cm³/mol. The van der Waals surface area contributed by atoms with Crippen LogP contribution in [0.4, 0.5) is 0 Å². The molecule has 0 bridgehead atoms. The number of benzene rings is 1. The Morgan fingerprint density at radius 3 is 2.33 bits per heavy atom. The van der Waals surface area contributed by atoms with Gasteiger partial charge < -0.3 is 9.64 Å². The number of aromatic nitrogens is 2. The van der Waals surface area contributed by atoms with Crippen LogP contribution < -0.4 is 4.74 Å². The normalized spacial score (nSPS) is 11.1. The minimum absolute atomic E-state index is 0.0382. The van der Waals surface area contributed by atoms with Crippen LogP contribution in [-0.2, 0) is 0 Å². The molecule has 0 aliphatic carbocycles. The van der Waals surface area contributed by atoms with Crippen LogP contribution in [0.1, 0.15) is 17.3 Å². The third-order valence-electron chi connectivity index (χ3n) is 2.94. The molecule has 0 fully saturated rings. The Hall–Kier alpha value is -2.69. The van der Waals surface area contributed by atoms with Crippen molar-refractivity contribution in [2.75, 3.05) is 14.1 Å². The lowest BCUT2D eigenvalue weighted by Crippen LogP contribution is -2.10. The van der Waals surface area contributed by atoms with E-state index in [0.29, 0.717) is 11.3 Å². The zero-order valence-corrected chi connectivity index (χ0v) is 12.3. The van der Waals surface area contributed by atoms with Crippen molar-refractivity contribution in [2.24, 2.45) is 0 Å². The number of ether oxygens (including phenoxy) is 1. The van der Waals surface area contributed by atoms with Crippen LogP contribution in [0.15, 0.2) is 54.5 Å². The second kappa shape index (κ2) is 6.65. The number of ketones is 1. The Bertz CT molecular complexity index is 634. The molecule has 0 unspecified atom stereocenters. The van der Waals surface area contributed by atoms with Gasteiger partial charge in [-0.2, -0.15) is 0 Å². The zero-order chi connectivity index (χ0) is 15.2. The zero-order valence-electron chi connectivity index (χ0n) is 12.3. The van der Waals surface area contributed by atoms with Crippen LogP contribution in [-0.4, -0.2) is 34.7 Å². The average molecular weight is 283 g/mol. The molecule has 1 heterocycles. The second-order valence-electron chi connectivity index (χ2n) is 4.70. The molecule has 108 valence electrons. The van der Waals surface area contributed by atoms with Crippen LogP contribution in [0.3, 0.4) is 0 Å². The highest BCUT2D eigenvalue weighted by atomic mass is 16.5. The number of rotatable bonds is 5. The van der Waals surface area contributed by atoms with E-state index < -0.39 is 0 Å². The van der Waals surface area contributed by atoms with E-state index in [4.69, 9.17) is 4.74 Å². The van der Waals surface area contributed by atoms with Gasteiger partial charge in [-0.1, -0.05) is 0 Å². The first kappa shape index (κ1) is 14.7. The molecule has 0 amide bonds. The van der Waals surface area contributed by atoms with Crippen molar-refractivity contribution in [3.63, 3.8) is 0 Å². The second-order valence-corrected chi connectivity index (χ2v) is 4.70. The Kier molecular flexibility index (Phi) is 4.66. The van der Waals surface area contributed by atoms with E-state index in [0.717, 1.165) is 5.70 Å². The van der Waals surface area contributed by atoms with Crippen LogP contribution in [0.2, 0.25) is 0 Å². The first-order chi connectivity index (χ1) is 10.1. The summed E-state index contributed by atoms with van der Waals surface area (Å²) in [7, 11) is 3.80. The molecule has 0 saturated heterocycles. The maximum absolute atomic E-state index is 12.1. The van der Waals surface area contributed by atoms with Crippen LogP contribution in [0, 0.1) is 0 Å². The van der Waals surface area contributed by atoms with E-state index in [9.17, 15) is 4.79 Å². The number of hydrogen-bond donors (Lipinski definition) is 0. The number of hydrogen-bond acceptors (Lipinski definition) is 5. The Morgan fingerprint density at radius 2 is 1.76 bits per heavy atom. The summed E-state index contributed by atoms with van der Waals surface area (Å²) in [6, 6.07) is 8.89. The number of carbonyl (C=O) groups is 1. The summed E-state index contributed by atoms with van der Waals surface area (Å²) in [4.78, 5) is 21.9. The van der Waals surface area contributed by atoms with Crippen molar-refractivity contribution < 1.29 is 9.53 Å². The van der Waals surface area contributed by atoms with Gasteiger partial charge in [0.1, 0.15) is 5.75 Å². The SMILES string of the molecule is C/C(=C\C(=O)c1ccc(Oc2ncccn2)cc1)N(C)C. The molecule has 5 heteroatoms. The van der Waals surface area contributed by atoms with Gasteiger partial charge in [-0.05, 0) is 37.3 Å². The third-order valence-corrected chi connectivity index (χ3v) is 2.94. The van der Waals surface area contributed by atoms with Gasteiger partial charge in [-0.15, -0.1) is 0 Å². The van der Waals surface area contributed by atoms with E-state index in [1.807, 2.05) is 25.9 Å². The molecule has 0 aliphatic heterocycles. The number of nitrogens with zero attached hydrogens (tertiary/aromatic N) is 3. The van der Waals surface area contributed by atoms with Gasteiger partial charge >= 0.3 is 6.01 Å². The minimum atomic E-state index is -0.0382. The van der Waals surface area contributed by atoms with Crippen LogP contribution in [0.5, 0.6) is 11.8 Å². The minimum Gasteiger partial charge on any atom is -0.424 e. The molecule has 0 spiro atoms. The van der Waals surface area contributed by atoms with E-state index in [2.05, 4.69) is 9.97 Å². The third kappa shape index (κ3) is 4.14. The van der Waals surface area contributed by atoms with E-state index >= 15 is 0 Å². The summed E-state index contributed by atoms with van der Waals surface area (Å²) in [5, 5.41) is 0. The molecule has 5 nitrogen and oxygen atoms in total. The monoisotopic (exact) mass is 283 g/mol. The van der Waals surface area contributed by atoms with Crippen LogP contribution in [0.25, 0.3) is 0 Å². The van der Waals surface area contributed by atoms with Crippen molar-refractivity contribution in [3.05, 3.63) is 60.1 Å². The highest BCUT2D eigenvalue weighted by molar-refractivity contribution is 6.04. The maximum atomic E-state index is 12.1. The lowest BCUT2D eigenvalue weighted by Gasteiger charge is -2.11.